The lowest BCUT2D eigenvalue weighted by atomic mass is 9.99. The molecule has 1 aliphatic rings. The van der Waals surface area contributed by atoms with E-state index in [1.165, 1.54) is 10.4 Å². The minimum absolute atomic E-state index is 0.0907. The lowest BCUT2D eigenvalue weighted by Crippen LogP contribution is -2.40. The molecule has 0 radical (unpaired) electrons. The number of carboxylic acids is 1. The predicted molar refractivity (Wildman–Crippen MR) is 75.3 cm³/mol. The molecule has 1 saturated heterocycles. The summed E-state index contributed by atoms with van der Waals surface area (Å²) in [4.78, 5) is 11.0. The van der Waals surface area contributed by atoms with Gasteiger partial charge in [-0.2, -0.15) is 4.31 Å². The number of sulfonamides is 1. The fourth-order valence-corrected chi connectivity index (χ4v) is 4.33. The van der Waals surface area contributed by atoms with E-state index < -0.39 is 21.9 Å². The number of nitrogens with zero attached hydrogens (tertiary/aromatic N) is 1. The molecule has 1 N–H and O–H groups in total. The molecular weight excluding hydrogens is 302 g/mol. The number of halogens is 1. The lowest BCUT2D eigenvalue weighted by molar-refractivity contribution is -0.142. The minimum atomic E-state index is -3.66. The lowest BCUT2D eigenvalue weighted by Gasteiger charge is -2.29. The fraction of sp³-hybridized carbons (Fsp3) is 0.462. The van der Waals surface area contributed by atoms with Gasteiger partial charge in [-0.05, 0) is 31.4 Å². The molecule has 1 aliphatic heterocycles. The molecule has 0 atom stereocenters. The first kappa shape index (κ1) is 15.3. The summed E-state index contributed by atoms with van der Waals surface area (Å²) < 4.78 is 26.4. The zero-order valence-corrected chi connectivity index (χ0v) is 12.6. The van der Waals surface area contributed by atoms with E-state index in [2.05, 4.69) is 0 Å². The summed E-state index contributed by atoms with van der Waals surface area (Å²) >= 11 is 6.08. The van der Waals surface area contributed by atoms with E-state index >= 15 is 0 Å². The van der Waals surface area contributed by atoms with Gasteiger partial charge in [0.05, 0.1) is 10.9 Å². The Morgan fingerprint density at radius 3 is 2.50 bits per heavy atom. The molecule has 1 heterocycles. The monoisotopic (exact) mass is 317 g/mol. The van der Waals surface area contributed by atoms with Crippen LogP contribution in [0.2, 0.25) is 5.02 Å². The Labute approximate surface area is 123 Å². The van der Waals surface area contributed by atoms with Crippen molar-refractivity contribution in [2.45, 2.75) is 24.7 Å². The highest BCUT2D eigenvalue weighted by Crippen LogP contribution is 2.30. The maximum atomic E-state index is 12.5. The van der Waals surface area contributed by atoms with Crippen LogP contribution in [0, 0.1) is 12.8 Å². The number of hydrogen-bond donors (Lipinski definition) is 1. The topological polar surface area (TPSA) is 74.7 Å². The molecule has 2 rings (SSSR count). The van der Waals surface area contributed by atoms with E-state index in [0.29, 0.717) is 18.4 Å². The Morgan fingerprint density at radius 1 is 1.35 bits per heavy atom. The van der Waals surface area contributed by atoms with Crippen molar-refractivity contribution in [3.63, 3.8) is 0 Å². The zero-order chi connectivity index (χ0) is 14.9. The number of aryl methyl sites for hydroxylation is 1. The van der Waals surface area contributed by atoms with Crippen LogP contribution in [0.5, 0.6) is 0 Å². The molecule has 0 saturated carbocycles. The van der Waals surface area contributed by atoms with Gasteiger partial charge >= 0.3 is 5.97 Å². The van der Waals surface area contributed by atoms with Gasteiger partial charge in [-0.15, -0.1) is 0 Å². The average molecular weight is 318 g/mol. The highest BCUT2D eigenvalue weighted by molar-refractivity contribution is 7.89. The van der Waals surface area contributed by atoms with Gasteiger partial charge in [0.1, 0.15) is 4.90 Å². The summed E-state index contributed by atoms with van der Waals surface area (Å²) in [5, 5.41) is 9.17. The average Bonchev–Trinajstić information content (AvgIpc) is 2.41. The van der Waals surface area contributed by atoms with E-state index in [1.807, 2.05) is 0 Å². The van der Waals surface area contributed by atoms with Crippen LogP contribution in [0.1, 0.15) is 18.4 Å². The van der Waals surface area contributed by atoms with E-state index in [9.17, 15) is 13.2 Å². The zero-order valence-electron chi connectivity index (χ0n) is 11.0. The van der Waals surface area contributed by atoms with Crippen LogP contribution in [0.3, 0.4) is 0 Å². The normalized spacial score (nSPS) is 18.1. The van der Waals surface area contributed by atoms with Gasteiger partial charge in [-0.1, -0.05) is 23.7 Å². The van der Waals surface area contributed by atoms with Gasteiger partial charge in [-0.3, -0.25) is 4.79 Å². The third kappa shape index (κ3) is 2.82. The second kappa shape index (κ2) is 5.71. The van der Waals surface area contributed by atoms with E-state index in [4.69, 9.17) is 16.7 Å². The van der Waals surface area contributed by atoms with Crippen molar-refractivity contribution in [1.82, 2.24) is 4.31 Å². The highest BCUT2D eigenvalue weighted by atomic mass is 35.5. The molecule has 7 heteroatoms. The van der Waals surface area contributed by atoms with Gasteiger partial charge in [0.2, 0.25) is 10.0 Å². The van der Waals surface area contributed by atoms with Crippen molar-refractivity contribution >= 4 is 27.6 Å². The second-order valence-corrected chi connectivity index (χ2v) is 7.19. The summed E-state index contributed by atoms with van der Waals surface area (Å²) in [6.45, 7) is 2.17. The fourth-order valence-electron chi connectivity index (χ4n) is 2.30. The number of benzene rings is 1. The molecule has 1 aromatic rings. The van der Waals surface area contributed by atoms with E-state index in [1.54, 1.807) is 19.1 Å². The Balaban J connectivity index is 2.24. The molecular formula is C13H16ClNO4S. The molecule has 20 heavy (non-hydrogen) atoms. The first-order valence-electron chi connectivity index (χ1n) is 6.32. The van der Waals surface area contributed by atoms with Crippen molar-refractivity contribution in [2.24, 2.45) is 5.92 Å². The summed E-state index contributed by atoms with van der Waals surface area (Å²) in [7, 11) is -3.66. The molecule has 110 valence electrons. The van der Waals surface area contributed by atoms with Crippen molar-refractivity contribution in [3.8, 4) is 0 Å². The Bertz CT molecular complexity index is 621. The highest BCUT2D eigenvalue weighted by Gasteiger charge is 2.33. The molecule has 0 aliphatic carbocycles. The molecule has 0 aromatic heterocycles. The number of hydrogen-bond acceptors (Lipinski definition) is 3. The van der Waals surface area contributed by atoms with Crippen LogP contribution in [-0.4, -0.2) is 36.9 Å². The van der Waals surface area contributed by atoms with Crippen LogP contribution < -0.4 is 0 Å². The number of rotatable bonds is 3. The summed E-state index contributed by atoms with van der Waals surface area (Å²) in [5.74, 6) is -1.33. The summed E-state index contributed by atoms with van der Waals surface area (Å²) in [6, 6.07) is 4.88. The van der Waals surface area contributed by atoms with Crippen molar-refractivity contribution in [1.29, 1.82) is 0 Å². The maximum Gasteiger partial charge on any atom is 0.306 e. The second-order valence-electron chi connectivity index (χ2n) is 4.90. The molecule has 0 unspecified atom stereocenters. The Kier molecular flexibility index (Phi) is 4.36. The standard InChI is InChI=1S/C13H16ClNO4S/c1-9-3-2-4-11(12(9)14)20(18,19)15-7-5-10(6-8-15)13(16)17/h2-4,10H,5-8H2,1H3,(H,16,17). The van der Waals surface area contributed by atoms with E-state index in [0.717, 1.165) is 0 Å². The van der Waals surface area contributed by atoms with Crippen LogP contribution in [-0.2, 0) is 14.8 Å². The quantitative estimate of drug-likeness (QED) is 0.926. The third-order valence-corrected chi connectivity index (χ3v) is 6.13. The number of piperidine rings is 1. The third-order valence-electron chi connectivity index (χ3n) is 3.58. The Morgan fingerprint density at radius 2 is 1.95 bits per heavy atom. The van der Waals surface area contributed by atoms with Crippen LogP contribution in [0.25, 0.3) is 0 Å². The Hall–Kier alpha value is -1.11. The van der Waals surface area contributed by atoms with Crippen molar-refractivity contribution in [2.75, 3.05) is 13.1 Å². The van der Waals surface area contributed by atoms with Crippen molar-refractivity contribution < 1.29 is 18.3 Å². The molecule has 0 amide bonds. The van der Waals surface area contributed by atoms with Gasteiger partial charge in [0.25, 0.3) is 0 Å². The van der Waals surface area contributed by atoms with Gasteiger partial charge < -0.3 is 5.11 Å². The minimum Gasteiger partial charge on any atom is -0.481 e. The van der Waals surface area contributed by atoms with Crippen LogP contribution in [0.4, 0.5) is 0 Å². The molecule has 0 bridgehead atoms. The van der Waals surface area contributed by atoms with Gasteiger partial charge in [0.15, 0.2) is 0 Å². The molecule has 1 aromatic carbocycles. The molecule has 0 spiro atoms. The number of aliphatic carboxylic acids is 1. The summed E-state index contributed by atoms with van der Waals surface area (Å²) in [6.07, 6.45) is 0.663. The SMILES string of the molecule is Cc1cccc(S(=O)(=O)N2CCC(C(=O)O)CC2)c1Cl. The first-order chi connectivity index (χ1) is 9.34. The largest absolute Gasteiger partial charge is 0.481 e. The molecule has 5 nitrogen and oxygen atoms in total. The smallest absolute Gasteiger partial charge is 0.306 e. The number of carbonyl (C=O) groups is 1. The van der Waals surface area contributed by atoms with E-state index in [-0.39, 0.29) is 23.0 Å². The van der Waals surface area contributed by atoms with Gasteiger partial charge in [-0.25, -0.2) is 8.42 Å². The van der Waals surface area contributed by atoms with Crippen molar-refractivity contribution in [3.05, 3.63) is 28.8 Å². The molecule has 1 fully saturated rings. The summed E-state index contributed by atoms with van der Waals surface area (Å²) in [5.41, 5.74) is 0.702. The predicted octanol–water partition coefficient (Wildman–Crippen LogP) is 2.13. The van der Waals surface area contributed by atoms with Gasteiger partial charge in [0, 0.05) is 13.1 Å². The maximum absolute atomic E-state index is 12.5. The van der Waals surface area contributed by atoms with Crippen LogP contribution >= 0.6 is 11.6 Å². The first-order valence-corrected chi connectivity index (χ1v) is 8.14. The number of carboxylic acid groups (broad SMARTS) is 1. The van der Waals surface area contributed by atoms with Crippen LogP contribution in [0.15, 0.2) is 23.1 Å².